The quantitative estimate of drug-likeness (QED) is 0.802. The van der Waals surface area contributed by atoms with E-state index in [9.17, 15) is 9.90 Å². The first-order chi connectivity index (χ1) is 9.20. The average Bonchev–Trinajstić information content (AvgIpc) is 2.39. The number of nitrogens with one attached hydrogen (secondary N) is 1. The largest absolute Gasteiger partial charge is 0.395 e. The number of aryl methyl sites for hydroxylation is 1. The molecule has 4 nitrogen and oxygen atoms in total. The van der Waals surface area contributed by atoms with Crippen LogP contribution in [0.1, 0.15) is 18.1 Å². The summed E-state index contributed by atoms with van der Waals surface area (Å²) in [5.74, 6) is -0.105. The molecule has 104 valence electrons. The van der Waals surface area contributed by atoms with Crippen LogP contribution in [0.5, 0.6) is 0 Å². The number of ether oxygens (including phenoxy) is 1. The highest BCUT2D eigenvalue weighted by atomic mass is 16.5. The lowest BCUT2D eigenvalue weighted by atomic mass is 9.86. The number of carbonyl (C=O) groups is 1. The summed E-state index contributed by atoms with van der Waals surface area (Å²) in [6.45, 7) is 3.21. The van der Waals surface area contributed by atoms with E-state index in [1.165, 1.54) is 11.1 Å². The predicted octanol–water partition coefficient (Wildman–Crippen LogP) is 0.917. The molecule has 2 rings (SSSR count). The van der Waals surface area contributed by atoms with E-state index in [1.807, 2.05) is 0 Å². The highest BCUT2D eigenvalue weighted by Crippen LogP contribution is 2.26. The second-order valence-electron chi connectivity index (χ2n) is 5.11. The Bertz CT molecular complexity index is 418. The zero-order valence-electron chi connectivity index (χ0n) is 11.3. The summed E-state index contributed by atoms with van der Waals surface area (Å²) in [5, 5.41) is 12.1. The molecule has 1 amide bonds. The SMILES string of the molecule is CCc1ccc(CCNC(=O)C2(CO)COC2)cc1. The molecule has 0 aliphatic carbocycles. The molecule has 0 spiro atoms. The molecule has 4 heteroatoms. The molecule has 1 aromatic carbocycles. The van der Waals surface area contributed by atoms with Crippen molar-refractivity contribution in [3.05, 3.63) is 35.4 Å². The van der Waals surface area contributed by atoms with Gasteiger partial charge in [-0.1, -0.05) is 31.2 Å². The normalized spacial score (nSPS) is 16.7. The molecule has 0 saturated carbocycles. The fourth-order valence-electron chi connectivity index (χ4n) is 2.09. The molecule has 19 heavy (non-hydrogen) atoms. The van der Waals surface area contributed by atoms with Gasteiger partial charge in [-0.05, 0) is 24.0 Å². The van der Waals surface area contributed by atoms with Crippen LogP contribution in [0.2, 0.25) is 0 Å². The van der Waals surface area contributed by atoms with Crippen LogP contribution in [0.15, 0.2) is 24.3 Å². The minimum atomic E-state index is -0.702. The van der Waals surface area contributed by atoms with Gasteiger partial charge in [-0.2, -0.15) is 0 Å². The van der Waals surface area contributed by atoms with Gasteiger partial charge in [0.15, 0.2) is 0 Å². The zero-order chi connectivity index (χ0) is 13.7. The fraction of sp³-hybridized carbons (Fsp3) is 0.533. The molecule has 0 atom stereocenters. The van der Waals surface area contributed by atoms with Gasteiger partial charge in [0.05, 0.1) is 19.8 Å². The zero-order valence-corrected chi connectivity index (χ0v) is 11.3. The number of aliphatic hydroxyl groups excluding tert-OH is 1. The van der Waals surface area contributed by atoms with Crippen LogP contribution in [0.4, 0.5) is 0 Å². The number of hydrogen-bond acceptors (Lipinski definition) is 3. The summed E-state index contributed by atoms with van der Waals surface area (Å²) in [6, 6.07) is 8.43. The molecule has 1 heterocycles. The van der Waals surface area contributed by atoms with Crippen molar-refractivity contribution in [3.63, 3.8) is 0 Å². The molecule has 1 saturated heterocycles. The third kappa shape index (κ3) is 3.14. The molecule has 1 aliphatic rings. The summed E-state index contributed by atoms with van der Waals surface area (Å²) in [5.41, 5.74) is 1.82. The summed E-state index contributed by atoms with van der Waals surface area (Å²) in [6.07, 6.45) is 1.84. The van der Waals surface area contributed by atoms with Gasteiger partial charge in [0.25, 0.3) is 0 Å². The van der Waals surface area contributed by atoms with Gasteiger partial charge in [-0.25, -0.2) is 0 Å². The number of benzene rings is 1. The summed E-state index contributed by atoms with van der Waals surface area (Å²) in [4.78, 5) is 11.9. The van der Waals surface area contributed by atoms with Crippen molar-refractivity contribution in [1.82, 2.24) is 5.32 Å². The molecular weight excluding hydrogens is 242 g/mol. The van der Waals surface area contributed by atoms with E-state index in [0.29, 0.717) is 19.8 Å². The monoisotopic (exact) mass is 263 g/mol. The Kier molecular flexibility index (Phi) is 4.56. The van der Waals surface area contributed by atoms with E-state index in [-0.39, 0.29) is 12.5 Å². The van der Waals surface area contributed by atoms with Crippen molar-refractivity contribution in [1.29, 1.82) is 0 Å². The maximum atomic E-state index is 11.9. The third-order valence-electron chi connectivity index (χ3n) is 3.67. The molecule has 1 aliphatic heterocycles. The molecular formula is C15H21NO3. The number of hydrogen-bond donors (Lipinski definition) is 2. The average molecular weight is 263 g/mol. The minimum absolute atomic E-state index is 0.105. The Morgan fingerprint density at radius 3 is 2.42 bits per heavy atom. The van der Waals surface area contributed by atoms with Crippen LogP contribution in [0.3, 0.4) is 0 Å². The van der Waals surface area contributed by atoms with Gasteiger partial charge in [-0.3, -0.25) is 4.79 Å². The van der Waals surface area contributed by atoms with Gasteiger partial charge >= 0.3 is 0 Å². The molecule has 0 aromatic heterocycles. The maximum Gasteiger partial charge on any atom is 0.233 e. The van der Waals surface area contributed by atoms with E-state index in [1.54, 1.807) is 0 Å². The number of carbonyl (C=O) groups excluding carboxylic acids is 1. The Hall–Kier alpha value is -1.39. The Labute approximate surface area is 113 Å². The molecule has 0 bridgehead atoms. The lowest BCUT2D eigenvalue weighted by molar-refractivity contribution is -0.169. The first-order valence-corrected chi connectivity index (χ1v) is 6.75. The molecule has 0 unspecified atom stereocenters. The first kappa shape index (κ1) is 14.0. The van der Waals surface area contributed by atoms with E-state index in [4.69, 9.17) is 4.74 Å². The van der Waals surface area contributed by atoms with Gasteiger partial charge in [0, 0.05) is 6.54 Å². The van der Waals surface area contributed by atoms with Crippen LogP contribution >= 0.6 is 0 Å². The smallest absolute Gasteiger partial charge is 0.233 e. The van der Waals surface area contributed by atoms with Crippen molar-refractivity contribution in [3.8, 4) is 0 Å². The summed E-state index contributed by atoms with van der Waals surface area (Å²) in [7, 11) is 0. The van der Waals surface area contributed by atoms with Crippen molar-refractivity contribution in [2.45, 2.75) is 19.8 Å². The lowest BCUT2D eigenvalue weighted by Gasteiger charge is -2.38. The van der Waals surface area contributed by atoms with Crippen molar-refractivity contribution in [2.75, 3.05) is 26.4 Å². The van der Waals surface area contributed by atoms with Crippen molar-refractivity contribution in [2.24, 2.45) is 5.41 Å². The maximum absolute atomic E-state index is 11.9. The standard InChI is InChI=1S/C15H21NO3/c1-2-12-3-5-13(6-4-12)7-8-16-14(18)15(9-17)10-19-11-15/h3-6,17H,2,7-11H2,1H3,(H,16,18). The van der Waals surface area contributed by atoms with Gasteiger partial charge < -0.3 is 15.2 Å². The molecule has 0 radical (unpaired) electrons. The van der Waals surface area contributed by atoms with E-state index >= 15 is 0 Å². The Morgan fingerprint density at radius 2 is 1.95 bits per heavy atom. The fourth-order valence-corrected chi connectivity index (χ4v) is 2.09. The van der Waals surface area contributed by atoms with Crippen LogP contribution in [-0.4, -0.2) is 37.4 Å². The molecule has 1 aromatic rings. The molecule has 2 N–H and O–H groups in total. The summed E-state index contributed by atoms with van der Waals surface area (Å²) < 4.78 is 5.02. The van der Waals surface area contributed by atoms with Crippen LogP contribution in [-0.2, 0) is 22.4 Å². The van der Waals surface area contributed by atoms with Crippen LogP contribution < -0.4 is 5.32 Å². The van der Waals surface area contributed by atoms with Crippen molar-refractivity contribution < 1.29 is 14.6 Å². The number of amides is 1. The van der Waals surface area contributed by atoms with Gasteiger partial charge in [-0.15, -0.1) is 0 Å². The first-order valence-electron chi connectivity index (χ1n) is 6.75. The van der Waals surface area contributed by atoms with Crippen LogP contribution in [0, 0.1) is 5.41 Å². The lowest BCUT2D eigenvalue weighted by Crippen LogP contribution is -2.56. The number of aliphatic hydroxyl groups is 1. The topological polar surface area (TPSA) is 58.6 Å². The second-order valence-corrected chi connectivity index (χ2v) is 5.11. The van der Waals surface area contributed by atoms with Crippen molar-refractivity contribution >= 4 is 5.91 Å². The Morgan fingerprint density at radius 1 is 1.32 bits per heavy atom. The third-order valence-corrected chi connectivity index (χ3v) is 3.67. The highest BCUT2D eigenvalue weighted by molar-refractivity contribution is 5.83. The Balaban J connectivity index is 1.78. The van der Waals surface area contributed by atoms with E-state index < -0.39 is 5.41 Å². The predicted molar refractivity (Wildman–Crippen MR) is 72.9 cm³/mol. The van der Waals surface area contributed by atoms with E-state index in [2.05, 4.69) is 36.5 Å². The van der Waals surface area contributed by atoms with E-state index in [0.717, 1.165) is 12.8 Å². The van der Waals surface area contributed by atoms with Gasteiger partial charge in [0.1, 0.15) is 5.41 Å². The number of rotatable bonds is 6. The summed E-state index contributed by atoms with van der Waals surface area (Å²) >= 11 is 0. The van der Waals surface area contributed by atoms with Crippen LogP contribution in [0.25, 0.3) is 0 Å². The highest BCUT2D eigenvalue weighted by Gasteiger charge is 2.45. The van der Waals surface area contributed by atoms with Gasteiger partial charge in [0.2, 0.25) is 5.91 Å². The molecule has 1 fully saturated rings. The minimum Gasteiger partial charge on any atom is -0.395 e. The second kappa shape index (κ2) is 6.17.